The number of fused-ring (bicyclic) bond motifs is 1. The van der Waals surface area contributed by atoms with Crippen molar-refractivity contribution in [3.8, 4) is 0 Å². The second kappa shape index (κ2) is 8.72. The molecule has 0 spiro atoms. The van der Waals surface area contributed by atoms with E-state index in [9.17, 15) is 9.59 Å². The molecule has 2 aromatic heterocycles. The van der Waals surface area contributed by atoms with E-state index in [0.717, 1.165) is 40.5 Å². The molecule has 0 radical (unpaired) electrons. The van der Waals surface area contributed by atoms with Crippen LogP contribution in [0.3, 0.4) is 0 Å². The molecule has 1 amide bonds. The van der Waals surface area contributed by atoms with Crippen molar-refractivity contribution in [3.05, 3.63) is 31.5 Å². The number of aryl methyl sites for hydroxylation is 3. The van der Waals surface area contributed by atoms with E-state index < -0.39 is 0 Å². The molecule has 0 unspecified atom stereocenters. The molecule has 6 nitrogen and oxygen atoms in total. The van der Waals surface area contributed by atoms with E-state index >= 15 is 0 Å². The molecule has 8 heteroatoms. The van der Waals surface area contributed by atoms with Gasteiger partial charge in [-0.1, -0.05) is 0 Å². The molecule has 0 aliphatic heterocycles. The topological polar surface area (TPSA) is 73.2 Å². The first kappa shape index (κ1) is 20.3. The van der Waals surface area contributed by atoms with Crippen molar-refractivity contribution < 1.29 is 14.3 Å². The van der Waals surface area contributed by atoms with E-state index in [1.54, 1.807) is 4.68 Å². The van der Waals surface area contributed by atoms with Gasteiger partial charge in [-0.3, -0.25) is 9.48 Å². The quantitative estimate of drug-likeness (QED) is 0.473. The van der Waals surface area contributed by atoms with Gasteiger partial charge in [0.05, 0.1) is 20.9 Å². The molecule has 0 bridgehead atoms. The fourth-order valence-corrected chi connectivity index (χ4v) is 4.88. The molecule has 0 atom stereocenters. The molecular formula is C19H24IN3O3S. The summed E-state index contributed by atoms with van der Waals surface area (Å²) in [6.07, 6.45) is 6.06. The van der Waals surface area contributed by atoms with Gasteiger partial charge in [0.25, 0.3) is 0 Å². The van der Waals surface area contributed by atoms with Crippen LogP contribution in [0.1, 0.15) is 59.6 Å². The average Bonchev–Trinajstić information content (AvgIpc) is 3.11. The number of nitrogens with one attached hydrogen (secondary N) is 1. The first-order valence-corrected chi connectivity index (χ1v) is 11.1. The lowest BCUT2D eigenvalue weighted by Crippen LogP contribution is -2.18. The molecule has 3 rings (SSSR count). The molecule has 0 saturated carbocycles. The van der Waals surface area contributed by atoms with Gasteiger partial charge in [0.15, 0.2) is 0 Å². The number of hydrogen-bond acceptors (Lipinski definition) is 5. The van der Waals surface area contributed by atoms with E-state index in [1.807, 2.05) is 27.0 Å². The number of rotatable bonds is 6. The second-order valence-electron chi connectivity index (χ2n) is 6.99. The number of thiophene rings is 1. The maximum absolute atomic E-state index is 12.6. The van der Waals surface area contributed by atoms with Gasteiger partial charge in [-0.05, 0) is 74.6 Å². The van der Waals surface area contributed by atoms with Crippen molar-refractivity contribution in [1.29, 1.82) is 0 Å². The van der Waals surface area contributed by atoms with E-state index in [-0.39, 0.29) is 18.0 Å². The summed E-state index contributed by atoms with van der Waals surface area (Å²) < 4.78 is 8.29. The highest BCUT2D eigenvalue weighted by Crippen LogP contribution is 2.38. The highest BCUT2D eigenvalue weighted by molar-refractivity contribution is 14.1. The number of carbonyl (C=O) groups is 2. The minimum absolute atomic E-state index is 0.115. The lowest BCUT2D eigenvalue weighted by atomic mass is 9.95. The summed E-state index contributed by atoms with van der Waals surface area (Å²) in [5.74, 6) is -0.452. The Kier molecular flexibility index (Phi) is 6.56. The zero-order valence-corrected chi connectivity index (χ0v) is 18.8. The van der Waals surface area contributed by atoms with Crippen LogP contribution in [-0.4, -0.2) is 27.8 Å². The maximum atomic E-state index is 12.6. The first-order chi connectivity index (χ1) is 12.8. The predicted octanol–water partition coefficient (Wildman–Crippen LogP) is 4.33. The van der Waals surface area contributed by atoms with Crippen LogP contribution in [0.2, 0.25) is 0 Å². The molecule has 0 fully saturated rings. The number of amides is 1. The van der Waals surface area contributed by atoms with Crippen LogP contribution < -0.4 is 5.32 Å². The minimum Gasteiger partial charge on any atom is -0.459 e. The van der Waals surface area contributed by atoms with Gasteiger partial charge < -0.3 is 10.1 Å². The number of esters is 1. The molecule has 27 heavy (non-hydrogen) atoms. The highest BCUT2D eigenvalue weighted by atomic mass is 127. The molecule has 0 saturated heterocycles. The predicted molar refractivity (Wildman–Crippen MR) is 114 cm³/mol. The third-order valence-electron chi connectivity index (χ3n) is 4.43. The Bertz CT molecular complexity index is 837. The first-order valence-electron chi connectivity index (χ1n) is 9.20. The molecule has 1 N–H and O–H groups in total. The van der Waals surface area contributed by atoms with Gasteiger partial charge in [-0.15, -0.1) is 11.3 Å². The SMILES string of the molecule is Cc1nn(CCC(=O)Nc2sc3c(c2C(=O)OC(C)C)CCCC3)cc1I. The molecule has 2 aromatic rings. The van der Waals surface area contributed by atoms with Crippen LogP contribution in [0.5, 0.6) is 0 Å². The zero-order valence-electron chi connectivity index (χ0n) is 15.8. The molecule has 1 aliphatic carbocycles. The lowest BCUT2D eigenvalue weighted by Gasteiger charge is -2.14. The minimum atomic E-state index is -0.336. The number of carbonyl (C=O) groups excluding carboxylic acids is 2. The van der Waals surface area contributed by atoms with Crippen molar-refractivity contribution in [2.75, 3.05) is 5.32 Å². The number of aromatic nitrogens is 2. The third kappa shape index (κ3) is 4.90. The summed E-state index contributed by atoms with van der Waals surface area (Å²) in [7, 11) is 0. The molecule has 1 aliphatic rings. The Morgan fingerprint density at radius 1 is 1.37 bits per heavy atom. The van der Waals surface area contributed by atoms with Crippen LogP contribution in [0, 0.1) is 10.5 Å². The van der Waals surface area contributed by atoms with Crippen molar-refractivity contribution in [1.82, 2.24) is 9.78 Å². The van der Waals surface area contributed by atoms with Gasteiger partial charge in [0.2, 0.25) is 5.91 Å². The summed E-state index contributed by atoms with van der Waals surface area (Å²) in [5, 5.41) is 7.96. The smallest absolute Gasteiger partial charge is 0.341 e. The fraction of sp³-hybridized carbons (Fsp3) is 0.526. The number of halogens is 1. The normalized spacial score (nSPS) is 13.5. The van der Waals surface area contributed by atoms with E-state index in [4.69, 9.17) is 4.74 Å². The van der Waals surface area contributed by atoms with Crippen LogP contribution in [-0.2, 0) is 28.9 Å². The number of hydrogen-bond donors (Lipinski definition) is 1. The van der Waals surface area contributed by atoms with E-state index in [1.165, 1.54) is 16.2 Å². The summed E-state index contributed by atoms with van der Waals surface area (Å²) >= 11 is 3.75. The lowest BCUT2D eigenvalue weighted by molar-refractivity contribution is -0.116. The summed E-state index contributed by atoms with van der Waals surface area (Å²) in [5.41, 5.74) is 2.58. The summed E-state index contributed by atoms with van der Waals surface area (Å²) in [4.78, 5) is 26.3. The Labute approximate surface area is 176 Å². The standard InChI is InChI=1S/C19H24IN3O3S/c1-11(2)26-19(25)17-13-6-4-5-7-15(13)27-18(17)21-16(24)8-9-23-10-14(20)12(3)22-23/h10-11H,4-9H2,1-3H3,(H,21,24). The third-order valence-corrected chi connectivity index (χ3v) is 6.69. The summed E-state index contributed by atoms with van der Waals surface area (Å²) in [6.45, 7) is 6.12. The van der Waals surface area contributed by atoms with Crippen molar-refractivity contribution >= 4 is 50.8 Å². The molecule has 0 aromatic carbocycles. The molecule has 2 heterocycles. The molecule has 146 valence electrons. The average molecular weight is 501 g/mol. The van der Waals surface area contributed by atoms with Crippen molar-refractivity contribution in [2.45, 2.75) is 65.5 Å². The number of ether oxygens (including phenoxy) is 1. The Morgan fingerprint density at radius 2 is 2.11 bits per heavy atom. The van der Waals surface area contributed by atoms with Gasteiger partial charge in [-0.25, -0.2) is 4.79 Å². The van der Waals surface area contributed by atoms with Crippen molar-refractivity contribution in [2.24, 2.45) is 0 Å². The number of anilines is 1. The second-order valence-corrected chi connectivity index (χ2v) is 9.26. The summed E-state index contributed by atoms with van der Waals surface area (Å²) in [6, 6.07) is 0. The highest BCUT2D eigenvalue weighted by Gasteiger charge is 2.27. The number of nitrogens with zero attached hydrogens (tertiary/aromatic N) is 2. The van der Waals surface area contributed by atoms with Crippen LogP contribution in [0.25, 0.3) is 0 Å². The van der Waals surface area contributed by atoms with Gasteiger partial charge in [0, 0.05) is 24.0 Å². The van der Waals surface area contributed by atoms with Crippen LogP contribution in [0.15, 0.2) is 6.20 Å². The van der Waals surface area contributed by atoms with Crippen molar-refractivity contribution in [3.63, 3.8) is 0 Å². The molecular weight excluding hydrogens is 477 g/mol. The fourth-order valence-electron chi connectivity index (χ4n) is 3.16. The Morgan fingerprint density at radius 3 is 2.78 bits per heavy atom. The van der Waals surface area contributed by atoms with Gasteiger partial charge >= 0.3 is 5.97 Å². The largest absolute Gasteiger partial charge is 0.459 e. The van der Waals surface area contributed by atoms with Gasteiger partial charge in [0.1, 0.15) is 5.00 Å². The van der Waals surface area contributed by atoms with E-state index in [0.29, 0.717) is 23.5 Å². The van der Waals surface area contributed by atoms with Crippen LogP contribution in [0.4, 0.5) is 5.00 Å². The monoisotopic (exact) mass is 501 g/mol. The zero-order chi connectivity index (χ0) is 19.6. The van der Waals surface area contributed by atoms with Gasteiger partial charge in [-0.2, -0.15) is 5.10 Å². The Balaban J connectivity index is 1.73. The van der Waals surface area contributed by atoms with E-state index in [2.05, 4.69) is 33.0 Å². The Hall–Kier alpha value is -1.42. The van der Waals surface area contributed by atoms with Crippen LogP contribution >= 0.6 is 33.9 Å². The maximum Gasteiger partial charge on any atom is 0.341 e.